The minimum atomic E-state index is 0.00972. The Morgan fingerprint density at radius 1 is 1.15 bits per heavy atom. The molecule has 0 atom stereocenters. The summed E-state index contributed by atoms with van der Waals surface area (Å²) in [6, 6.07) is 8.30. The van der Waals surface area contributed by atoms with Gasteiger partial charge < -0.3 is 9.88 Å². The van der Waals surface area contributed by atoms with E-state index in [0.717, 1.165) is 80.4 Å². The Bertz CT molecular complexity index is 936. The molecule has 0 saturated carbocycles. The van der Waals surface area contributed by atoms with Gasteiger partial charge in [0.25, 0.3) is 5.56 Å². The Hall–Kier alpha value is -2.40. The molecule has 1 aliphatic heterocycles. The van der Waals surface area contributed by atoms with Gasteiger partial charge in [0.2, 0.25) is 5.91 Å². The van der Waals surface area contributed by atoms with Crippen LogP contribution in [0, 0.1) is 0 Å². The Morgan fingerprint density at radius 2 is 1.96 bits per heavy atom. The molecule has 1 saturated heterocycles. The predicted molar refractivity (Wildman–Crippen MR) is 108 cm³/mol. The minimum Gasteiger partial charge on any atom is -0.336 e. The Morgan fingerprint density at radius 3 is 2.67 bits per heavy atom. The topological polar surface area (TPSA) is 56.4 Å². The van der Waals surface area contributed by atoms with Crippen LogP contribution in [0.1, 0.15) is 37.3 Å². The van der Waals surface area contributed by atoms with Gasteiger partial charge in [0.05, 0.1) is 0 Å². The van der Waals surface area contributed by atoms with E-state index in [1.807, 2.05) is 17.9 Å². The van der Waals surface area contributed by atoms with E-state index in [-0.39, 0.29) is 11.5 Å². The highest BCUT2D eigenvalue weighted by atomic mass is 16.2. The Kier molecular flexibility index (Phi) is 5.12. The molecule has 1 aliphatic carbocycles. The Balaban J connectivity index is 1.40. The maximum atomic E-state index is 12.5. The molecule has 0 bridgehead atoms. The monoisotopic (exact) mass is 365 g/mol. The first-order chi connectivity index (χ1) is 13.1. The normalized spacial score (nSPS) is 18.1. The van der Waals surface area contributed by atoms with Crippen molar-refractivity contribution in [3.05, 3.63) is 57.4 Å². The van der Waals surface area contributed by atoms with E-state index in [4.69, 9.17) is 0 Å². The van der Waals surface area contributed by atoms with Crippen molar-refractivity contribution in [2.45, 2.75) is 39.2 Å². The standard InChI is InChI=1S/C22H27N3O2/c1-2-17-14-19-8-7-16(13-20(19)23-21(17)26)15-24-9-11-25(12-10-24)22(27)18-5-3-4-6-18/h5,7-8,13-14H,2-4,6,9-12,15H2,1H3,(H,23,26). The van der Waals surface area contributed by atoms with Gasteiger partial charge in [-0.3, -0.25) is 14.5 Å². The first-order valence-electron chi connectivity index (χ1n) is 9.99. The molecule has 0 unspecified atom stereocenters. The molecule has 2 aliphatic rings. The number of H-pyrrole nitrogens is 1. The first-order valence-corrected chi connectivity index (χ1v) is 9.99. The van der Waals surface area contributed by atoms with E-state index in [1.165, 1.54) is 5.56 Å². The minimum absolute atomic E-state index is 0.00972. The van der Waals surface area contributed by atoms with Gasteiger partial charge in [-0.1, -0.05) is 25.1 Å². The molecule has 2 aromatic rings. The van der Waals surface area contributed by atoms with Crippen LogP contribution in [-0.2, 0) is 17.8 Å². The van der Waals surface area contributed by atoms with Gasteiger partial charge in [0, 0.05) is 49.4 Å². The number of aryl methyl sites for hydroxylation is 1. The van der Waals surface area contributed by atoms with Crippen LogP contribution in [-0.4, -0.2) is 46.9 Å². The molecule has 5 heteroatoms. The van der Waals surface area contributed by atoms with Crippen molar-refractivity contribution in [2.75, 3.05) is 26.2 Å². The molecular weight excluding hydrogens is 338 g/mol. The second kappa shape index (κ2) is 7.69. The van der Waals surface area contributed by atoms with E-state index in [9.17, 15) is 9.59 Å². The van der Waals surface area contributed by atoms with Crippen molar-refractivity contribution in [1.82, 2.24) is 14.8 Å². The fourth-order valence-electron chi connectivity index (χ4n) is 4.09. The third kappa shape index (κ3) is 3.83. The number of aromatic amines is 1. The molecule has 1 amide bonds. The molecule has 1 fully saturated rings. The van der Waals surface area contributed by atoms with Gasteiger partial charge in [0.1, 0.15) is 0 Å². The zero-order chi connectivity index (χ0) is 18.8. The van der Waals surface area contributed by atoms with Crippen molar-refractivity contribution < 1.29 is 4.79 Å². The third-order valence-electron chi connectivity index (χ3n) is 5.75. The highest BCUT2D eigenvalue weighted by Gasteiger charge is 2.24. The lowest BCUT2D eigenvalue weighted by molar-refractivity contribution is -0.129. The molecule has 1 aromatic carbocycles. The van der Waals surface area contributed by atoms with E-state index >= 15 is 0 Å². The maximum Gasteiger partial charge on any atom is 0.251 e. The average molecular weight is 365 g/mol. The Labute approximate surface area is 159 Å². The summed E-state index contributed by atoms with van der Waals surface area (Å²) in [4.78, 5) is 32.0. The van der Waals surface area contributed by atoms with Crippen molar-refractivity contribution in [3.63, 3.8) is 0 Å². The summed E-state index contributed by atoms with van der Waals surface area (Å²) in [5, 5.41) is 1.08. The number of carbonyl (C=O) groups excluding carboxylic acids is 1. The van der Waals surface area contributed by atoms with E-state index in [1.54, 1.807) is 0 Å². The molecular formula is C22H27N3O2. The van der Waals surface area contributed by atoms with Crippen LogP contribution in [0.25, 0.3) is 10.9 Å². The lowest BCUT2D eigenvalue weighted by Gasteiger charge is -2.35. The zero-order valence-electron chi connectivity index (χ0n) is 16.0. The maximum absolute atomic E-state index is 12.5. The number of benzene rings is 1. The number of carbonyl (C=O) groups is 1. The van der Waals surface area contributed by atoms with Crippen molar-refractivity contribution >= 4 is 16.8 Å². The summed E-state index contributed by atoms with van der Waals surface area (Å²) in [7, 11) is 0. The molecule has 4 rings (SSSR count). The first kappa shape index (κ1) is 18.0. The summed E-state index contributed by atoms with van der Waals surface area (Å²) < 4.78 is 0. The molecule has 1 aromatic heterocycles. The number of nitrogens with one attached hydrogen (secondary N) is 1. The van der Waals surface area contributed by atoms with Gasteiger partial charge in [-0.25, -0.2) is 0 Å². The number of allylic oxidation sites excluding steroid dienone is 1. The quantitative estimate of drug-likeness (QED) is 0.906. The molecule has 1 N–H and O–H groups in total. The van der Waals surface area contributed by atoms with Crippen molar-refractivity contribution in [1.29, 1.82) is 0 Å². The molecule has 2 heterocycles. The average Bonchev–Trinajstić information content (AvgIpc) is 3.22. The van der Waals surface area contributed by atoms with Crippen LogP contribution in [0.2, 0.25) is 0 Å². The smallest absolute Gasteiger partial charge is 0.251 e. The van der Waals surface area contributed by atoms with Crippen molar-refractivity contribution in [2.24, 2.45) is 0 Å². The fraction of sp³-hybridized carbons (Fsp3) is 0.455. The molecule has 5 nitrogen and oxygen atoms in total. The second-order valence-electron chi connectivity index (χ2n) is 7.59. The van der Waals surface area contributed by atoms with E-state index in [2.05, 4.69) is 34.2 Å². The van der Waals surface area contributed by atoms with Gasteiger partial charge >= 0.3 is 0 Å². The molecule has 142 valence electrons. The lowest BCUT2D eigenvalue weighted by atomic mass is 10.1. The molecule has 0 radical (unpaired) electrons. The van der Waals surface area contributed by atoms with Gasteiger partial charge in [-0.05, 0) is 48.8 Å². The second-order valence-corrected chi connectivity index (χ2v) is 7.59. The number of rotatable bonds is 4. The summed E-state index contributed by atoms with van der Waals surface area (Å²) in [6.45, 7) is 6.21. The van der Waals surface area contributed by atoms with Gasteiger partial charge in [-0.15, -0.1) is 0 Å². The number of nitrogens with zero attached hydrogens (tertiary/aromatic N) is 2. The summed E-state index contributed by atoms with van der Waals surface area (Å²) in [6.07, 6.45) is 5.95. The highest BCUT2D eigenvalue weighted by molar-refractivity contribution is 5.93. The zero-order valence-corrected chi connectivity index (χ0v) is 16.0. The van der Waals surface area contributed by atoms with Crippen LogP contribution < -0.4 is 5.56 Å². The van der Waals surface area contributed by atoms with Crippen LogP contribution >= 0.6 is 0 Å². The van der Waals surface area contributed by atoms with Gasteiger partial charge in [0.15, 0.2) is 0 Å². The molecule has 0 spiro atoms. The van der Waals surface area contributed by atoms with Crippen LogP contribution in [0.15, 0.2) is 40.7 Å². The van der Waals surface area contributed by atoms with E-state index < -0.39 is 0 Å². The third-order valence-corrected chi connectivity index (χ3v) is 5.75. The van der Waals surface area contributed by atoms with Crippen LogP contribution in [0.4, 0.5) is 0 Å². The van der Waals surface area contributed by atoms with E-state index in [0.29, 0.717) is 0 Å². The lowest BCUT2D eigenvalue weighted by Crippen LogP contribution is -2.48. The predicted octanol–water partition coefficient (Wildman–Crippen LogP) is 2.85. The SMILES string of the molecule is CCc1cc2ccc(CN3CCN(C(=O)C4=CCCC4)CC3)cc2[nH]c1=O. The summed E-state index contributed by atoms with van der Waals surface area (Å²) in [5.41, 5.74) is 3.94. The number of piperazine rings is 1. The van der Waals surface area contributed by atoms with Crippen molar-refractivity contribution in [3.8, 4) is 0 Å². The fourth-order valence-corrected chi connectivity index (χ4v) is 4.09. The van der Waals surface area contributed by atoms with Crippen LogP contribution in [0.5, 0.6) is 0 Å². The largest absolute Gasteiger partial charge is 0.336 e. The number of amides is 1. The number of hydrogen-bond acceptors (Lipinski definition) is 3. The number of hydrogen-bond donors (Lipinski definition) is 1. The number of pyridine rings is 1. The van der Waals surface area contributed by atoms with Gasteiger partial charge in [-0.2, -0.15) is 0 Å². The van der Waals surface area contributed by atoms with Crippen LogP contribution in [0.3, 0.4) is 0 Å². The molecule has 27 heavy (non-hydrogen) atoms. The highest BCUT2D eigenvalue weighted by Crippen LogP contribution is 2.21. The summed E-state index contributed by atoms with van der Waals surface area (Å²) >= 11 is 0. The summed E-state index contributed by atoms with van der Waals surface area (Å²) in [5.74, 6) is 0.238. The number of aromatic nitrogens is 1. The number of fused-ring (bicyclic) bond motifs is 1.